The number of hydrogen-bond acceptors (Lipinski definition) is 8. The van der Waals surface area contributed by atoms with Crippen LogP contribution in [0.1, 0.15) is 41.8 Å². The normalized spacial score (nSPS) is 24.7. The van der Waals surface area contributed by atoms with Crippen molar-refractivity contribution in [3.63, 3.8) is 0 Å². The number of carbonyl (C=O) groups excluding carboxylic acids is 2. The summed E-state index contributed by atoms with van der Waals surface area (Å²) >= 11 is 0. The number of aliphatic hydroxyl groups is 1. The molecule has 5 atom stereocenters. The molecule has 7 rings (SSSR count). The van der Waals surface area contributed by atoms with Gasteiger partial charge in [-0.15, -0.1) is 5.10 Å². The van der Waals surface area contributed by atoms with E-state index in [1.807, 2.05) is 98.9 Å². The van der Waals surface area contributed by atoms with E-state index in [2.05, 4.69) is 10.3 Å². The van der Waals surface area contributed by atoms with E-state index >= 15 is 0 Å². The van der Waals surface area contributed by atoms with Gasteiger partial charge in [-0.05, 0) is 48.8 Å². The van der Waals surface area contributed by atoms with E-state index in [4.69, 9.17) is 9.47 Å². The Morgan fingerprint density at radius 2 is 1.81 bits per heavy atom. The van der Waals surface area contributed by atoms with Crippen LogP contribution < -0.4 is 9.80 Å². The molecule has 0 bridgehead atoms. The second-order valence-electron chi connectivity index (χ2n) is 13.2. The zero-order chi connectivity index (χ0) is 32.9. The fourth-order valence-electron chi connectivity index (χ4n) is 7.71. The first-order chi connectivity index (χ1) is 22.6. The van der Waals surface area contributed by atoms with Crippen molar-refractivity contribution >= 4 is 31.7 Å². The molecular formula is C35H39N5O6Si. The molecule has 2 amide bonds. The van der Waals surface area contributed by atoms with Crippen LogP contribution in [0.4, 0.5) is 16.2 Å². The van der Waals surface area contributed by atoms with Crippen molar-refractivity contribution in [2.45, 2.75) is 62.9 Å². The summed E-state index contributed by atoms with van der Waals surface area (Å²) in [5.74, 6) is -0.452. The van der Waals surface area contributed by atoms with Crippen LogP contribution in [0, 0.1) is 5.92 Å². The average Bonchev–Trinajstić information content (AvgIpc) is 3.83. The van der Waals surface area contributed by atoms with Gasteiger partial charge in [0.2, 0.25) is 0 Å². The van der Waals surface area contributed by atoms with Crippen LogP contribution in [0.15, 0.2) is 85.1 Å². The van der Waals surface area contributed by atoms with Gasteiger partial charge in [-0.25, -0.2) is 4.79 Å². The number of amides is 2. The second kappa shape index (κ2) is 12.0. The Bertz CT molecular complexity index is 1790. The van der Waals surface area contributed by atoms with Crippen molar-refractivity contribution in [1.29, 1.82) is 0 Å². The molecule has 3 aromatic carbocycles. The lowest BCUT2D eigenvalue weighted by Gasteiger charge is -2.32. The summed E-state index contributed by atoms with van der Waals surface area (Å²) in [5.41, 5.74) is 2.87. The molecule has 2 fully saturated rings. The molecule has 0 radical (unpaired) electrons. The number of aromatic nitrogens is 3. The molecule has 3 aliphatic rings. The highest BCUT2D eigenvalue weighted by Crippen LogP contribution is 2.59. The molecule has 244 valence electrons. The lowest BCUT2D eigenvalue weighted by atomic mass is 9.82. The molecule has 0 unspecified atom stereocenters. The van der Waals surface area contributed by atoms with E-state index in [0.29, 0.717) is 38.4 Å². The zero-order valence-electron chi connectivity index (χ0n) is 26.7. The summed E-state index contributed by atoms with van der Waals surface area (Å²) < 4.78 is 13.7. The van der Waals surface area contributed by atoms with E-state index in [9.17, 15) is 19.5 Å². The molecular weight excluding hydrogens is 615 g/mol. The molecule has 4 heterocycles. The van der Waals surface area contributed by atoms with Gasteiger partial charge in [-0.2, -0.15) is 0 Å². The van der Waals surface area contributed by atoms with Crippen molar-refractivity contribution in [1.82, 2.24) is 15.0 Å². The Kier molecular flexibility index (Phi) is 7.99. The third-order valence-corrected chi connectivity index (χ3v) is 12.3. The van der Waals surface area contributed by atoms with Gasteiger partial charge in [0, 0.05) is 29.3 Å². The Morgan fingerprint density at radius 3 is 2.55 bits per heavy atom. The Hall–Kier alpha value is -4.36. The molecule has 3 aliphatic heterocycles. The Labute approximate surface area is 274 Å². The van der Waals surface area contributed by atoms with Gasteiger partial charge >= 0.3 is 6.09 Å². The molecule has 11 nitrogen and oxygen atoms in total. The molecule has 47 heavy (non-hydrogen) atoms. The van der Waals surface area contributed by atoms with Crippen LogP contribution in [-0.4, -0.2) is 64.5 Å². The predicted molar refractivity (Wildman–Crippen MR) is 177 cm³/mol. The summed E-state index contributed by atoms with van der Waals surface area (Å²) in [6.45, 7) is 7.40. The first kappa shape index (κ1) is 31.2. The molecule has 0 aliphatic carbocycles. The fourth-order valence-corrected chi connectivity index (χ4v) is 10.3. The molecule has 12 heteroatoms. The van der Waals surface area contributed by atoms with Crippen LogP contribution in [0.3, 0.4) is 0 Å². The minimum Gasteiger partial charge on any atom is -0.447 e. The number of benzene rings is 3. The molecule has 1 spiro atoms. The molecule has 2 saturated heterocycles. The van der Waals surface area contributed by atoms with Crippen LogP contribution >= 0.6 is 0 Å². The lowest BCUT2D eigenvalue weighted by molar-refractivity contribution is -0.146. The van der Waals surface area contributed by atoms with Crippen molar-refractivity contribution in [2.75, 3.05) is 23.0 Å². The molecule has 0 saturated carbocycles. The molecule has 2 N–H and O–H groups in total. The fraction of sp³-hybridized carbons (Fsp3) is 0.371. The van der Waals surface area contributed by atoms with E-state index in [-0.39, 0.29) is 23.5 Å². The number of para-hydroxylation sites is 1. The zero-order valence-corrected chi connectivity index (χ0v) is 27.7. The Balaban J connectivity index is 1.15. The van der Waals surface area contributed by atoms with Gasteiger partial charge in [0.25, 0.3) is 5.91 Å². The maximum Gasteiger partial charge on any atom is 0.414 e. The number of carbonyl (C=O) groups is 2. The van der Waals surface area contributed by atoms with E-state index in [0.717, 1.165) is 28.1 Å². The third-order valence-electron chi connectivity index (χ3n) is 9.81. The highest BCUT2D eigenvalue weighted by molar-refractivity contribution is 6.71. The maximum atomic E-state index is 14.7. The summed E-state index contributed by atoms with van der Waals surface area (Å²) in [5, 5.41) is 19.3. The quantitative estimate of drug-likeness (QED) is 0.248. The van der Waals surface area contributed by atoms with Crippen LogP contribution in [-0.2, 0) is 33.0 Å². The van der Waals surface area contributed by atoms with Crippen LogP contribution in [0.25, 0.3) is 0 Å². The number of aliphatic hydroxyl groups excluding tert-OH is 1. The Morgan fingerprint density at radius 1 is 1.04 bits per heavy atom. The van der Waals surface area contributed by atoms with Crippen molar-refractivity contribution in [3.8, 4) is 0 Å². The van der Waals surface area contributed by atoms with Gasteiger partial charge in [-0.1, -0.05) is 72.8 Å². The van der Waals surface area contributed by atoms with Crippen molar-refractivity contribution in [3.05, 3.63) is 107 Å². The molecule has 4 aromatic rings. The topological polar surface area (TPSA) is 130 Å². The second-order valence-corrected chi connectivity index (χ2v) is 17.2. The number of rotatable bonds is 9. The summed E-state index contributed by atoms with van der Waals surface area (Å²) in [7, 11) is -2.85. The van der Waals surface area contributed by atoms with Crippen molar-refractivity contribution in [2.24, 2.45) is 5.92 Å². The highest BCUT2D eigenvalue weighted by atomic mass is 28.4. The minimum atomic E-state index is -2.85. The number of ether oxygens (including phenoxy) is 2. The van der Waals surface area contributed by atoms with Crippen molar-refractivity contribution < 1.29 is 29.0 Å². The van der Waals surface area contributed by atoms with Crippen LogP contribution in [0.5, 0.6) is 0 Å². The largest absolute Gasteiger partial charge is 0.447 e. The SMILES string of the molecule is C[C@H]1[C@H]([Si](C)(C)O)[C@@H](CCn2cc([C@H](O)c3ccccc3)nn2)O[C@]12C(=O)N(Cc1cccc(N3CCOC3=O)c1)c1ccccc12. The van der Waals surface area contributed by atoms with Gasteiger partial charge in [0.1, 0.15) is 18.4 Å². The number of fused-ring (bicyclic) bond motifs is 2. The maximum absolute atomic E-state index is 14.7. The monoisotopic (exact) mass is 653 g/mol. The van der Waals surface area contributed by atoms with Crippen LogP contribution in [0.2, 0.25) is 18.6 Å². The highest BCUT2D eigenvalue weighted by Gasteiger charge is 2.66. The van der Waals surface area contributed by atoms with Gasteiger partial charge in [0.15, 0.2) is 13.9 Å². The number of nitrogens with zero attached hydrogens (tertiary/aromatic N) is 5. The number of hydrogen-bond donors (Lipinski definition) is 2. The number of aryl methyl sites for hydroxylation is 1. The smallest absolute Gasteiger partial charge is 0.414 e. The lowest BCUT2D eigenvalue weighted by Crippen LogP contribution is -2.46. The summed E-state index contributed by atoms with van der Waals surface area (Å²) in [4.78, 5) is 41.9. The average molecular weight is 654 g/mol. The van der Waals surface area contributed by atoms with Gasteiger partial charge in [-0.3, -0.25) is 14.4 Å². The third kappa shape index (κ3) is 5.44. The predicted octanol–water partition coefficient (Wildman–Crippen LogP) is 4.75. The standard InChI is InChI=1S/C35H39N5O6Si/c1-23-32(47(2,3)44)30(16-17-38-22-28(36-37-38)31(41)25-11-5-4-6-12-25)46-35(23)27-14-7-8-15-29(27)40(33(35)42)21-24-10-9-13-26(20-24)39-18-19-45-34(39)43/h4-15,20,22-23,30-32,41,44H,16-19,21H2,1-3H3/t23-,30+,31+,32-,35+/m0/s1. The van der Waals surface area contributed by atoms with Gasteiger partial charge in [0.05, 0.1) is 31.1 Å². The molecule has 1 aromatic heterocycles. The minimum absolute atomic E-state index is 0.156. The summed E-state index contributed by atoms with van der Waals surface area (Å²) in [6.07, 6.45) is 0.553. The van der Waals surface area contributed by atoms with Gasteiger partial charge < -0.3 is 24.3 Å². The number of cyclic esters (lactones) is 1. The van der Waals surface area contributed by atoms with E-state index in [1.54, 1.807) is 20.7 Å². The van der Waals surface area contributed by atoms with E-state index in [1.165, 1.54) is 0 Å². The first-order valence-electron chi connectivity index (χ1n) is 16.1. The van der Waals surface area contributed by atoms with E-state index < -0.39 is 26.1 Å². The number of anilines is 2. The first-order valence-corrected chi connectivity index (χ1v) is 19.1. The summed E-state index contributed by atoms with van der Waals surface area (Å²) in [6, 6.07) is 24.7.